The second kappa shape index (κ2) is 14.6. The molecular formula is C55H40N7OPt-3. The van der Waals surface area contributed by atoms with Gasteiger partial charge in [0.2, 0.25) is 0 Å². The van der Waals surface area contributed by atoms with Crippen LogP contribution in [0.25, 0.3) is 71.2 Å². The van der Waals surface area contributed by atoms with Gasteiger partial charge in [-0.1, -0.05) is 74.8 Å². The third-order valence-corrected chi connectivity index (χ3v) is 12.3. The van der Waals surface area contributed by atoms with E-state index < -0.39 is 14.0 Å². The minimum Gasteiger partial charge on any atom is -0.509 e. The summed E-state index contributed by atoms with van der Waals surface area (Å²) in [6, 6.07) is 52.9. The normalized spacial score (nSPS) is 14.6. The van der Waals surface area contributed by atoms with Crippen LogP contribution >= 0.6 is 0 Å². The van der Waals surface area contributed by atoms with Crippen molar-refractivity contribution in [3.63, 3.8) is 0 Å². The smallest absolute Gasteiger partial charge is 0.135 e. The standard InChI is InChI=1S/C55H40N7O.Pt/c1-55(2,3)35-25-26-57-51(28-35)62-47-24-21-34(32-56)27-42(47)41-23-22-38(30-50(41)62)63-37-14-12-13-36(29-37)60-33-61(49-20-11-10-19-48(49)60)54-52-43(39-15-6-8-17-45(39)58(52)4)31-44-40-16-7-9-18-46(40)59(5)53(44)54;/h6-28,31,33H,1-5H3;/q-3;/i4D3,5D3;. The zero-order valence-corrected chi connectivity index (χ0v) is 37.1. The molecule has 1 aliphatic rings. The summed E-state index contributed by atoms with van der Waals surface area (Å²) in [4.78, 5) is 8.66. The number of benzene rings is 7. The molecule has 7 aromatic carbocycles. The van der Waals surface area contributed by atoms with Gasteiger partial charge in [-0.05, 0) is 77.0 Å². The van der Waals surface area contributed by atoms with Crippen LogP contribution in [0.15, 0.2) is 146 Å². The zero-order valence-electron chi connectivity index (χ0n) is 40.8. The molecule has 9 heteroatoms. The quantitative estimate of drug-likeness (QED) is 0.161. The Morgan fingerprint density at radius 2 is 1.31 bits per heavy atom. The Kier molecular flexibility index (Phi) is 7.60. The molecule has 0 saturated heterocycles. The van der Waals surface area contributed by atoms with Crippen LogP contribution in [-0.4, -0.2) is 18.7 Å². The number of hydrogen-bond acceptors (Lipinski definition) is 5. The fourth-order valence-electron chi connectivity index (χ4n) is 9.31. The molecule has 0 N–H and O–H groups in total. The molecule has 64 heavy (non-hydrogen) atoms. The maximum atomic E-state index is 9.82. The monoisotopic (exact) mass is 1020 g/mol. The minimum atomic E-state index is -2.64. The number of aromatic nitrogens is 4. The molecule has 0 spiro atoms. The molecule has 11 aromatic rings. The van der Waals surface area contributed by atoms with Crippen LogP contribution in [0.1, 0.15) is 40.1 Å². The summed E-state index contributed by atoms with van der Waals surface area (Å²) in [5, 5.41) is 14.4. The summed E-state index contributed by atoms with van der Waals surface area (Å²) in [5.41, 5.74) is 7.38. The SMILES string of the molecule is [2H]C([2H])([2H])n1c2ccccc2c2cc3c4ccccc4n(C([2H])([2H])[2H])c3c(N3[CH-]N(c4[c-]c(Oc5[c-]c6c(cc5)c5cc(C#N)ccc5n6-c5cc(C(C)(C)C)ccn5)ccc4)c4ccccc43)c21.[Pt]. The Hall–Kier alpha value is -7.33. The van der Waals surface area contributed by atoms with E-state index in [0.29, 0.717) is 72.8 Å². The van der Waals surface area contributed by atoms with E-state index in [2.05, 4.69) is 45.0 Å². The number of rotatable bonds is 5. The van der Waals surface area contributed by atoms with E-state index in [1.807, 2.05) is 142 Å². The number of nitriles is 1. The molecule has 0 fully saturated rings. The zero-order chi connectivity index (χ0) is 47.7. The summed E-state index contributed by atoms with van der Waals surface area (Å²) in [7, 11) is 0. The second-order valence-electron chi connectivity index (χ2n) is 17.0. The van der Waals surface area contributed by atoms with Gasteiger partial charge in [0.25, 0.3) is 0 Å². The van der Waals surface area contributed by atoms with Gasteiger partial charge in [-0.2, -0.15) is 17.4 Å². The van der Waals surface area contributed by atoms with Gasteiger partial charge in [0.05, 0.1) is 28.4 Å². The van der Waals surface area contributed by atoms with Gasteiger partial charge in [0.15, 0.2) is 0 Å². The van der Waals surface area contributed by atoms with Gasteiger partial charge in [0.1, 0.15) is 5.82 Å². The average Bonchev–Trinajstić information content (AvgIpc) is 4.07. The summed E-state index contributed by atoms with van der Waals surface area (Å²) in [6.45, 7) is 3.07. The van der Waals surface area contributed by atoms with Crippen molar-refractivity contribution >= 4 is 88.2 Å². The van der Waals surface area contributed by atoms with Crippen LogP contribution in [-0.2, 0) is 40.4 Å². The van der Waals surface area contributed by atoms with E-state index >= 15 is 0 Å². The van der Waals surface area contributed by atoms with Crippen LogP contribution in [0.3, 0.4) is 0 Å². The van der Waals surface area contributed by atoms with E-state index in [-0.39, 0.29) is 26.5 Å². The Balaban J connectivity index is 0.00000533. The number of ether oxygens (including phenoxy) is 1. The Morgan fingerprint density at radius 1 is 0.641 bits per heavy atom. The van der Waals surface area contributed by atoms with Crippen LogP contribution < -0.4 is 14.5 Å². The van der Waals surface area contributed by atoms with Crippen molar-refractivity contribution in [3.05, 3.63) is 176 Å². The topological polar surface area (TPSA) is 67.2 Å². The number of fused-ring (bicyclic) bond motifs is 10. The molecule has 0 aliphatic carbocycles. The number of aryl methyl sites for hydroxylation is 2. The van der Waals surface area contributed by atoms with E-state index in [0.717, 1.165) is 43.8 Å². The summed E-state index contributed by atoms with van der Waals surface area (Å²) >= 11 is 0. The first-order valence-corrected chi connectivity index (χ1v) is 20.7. The Morgan fingerprint density at radius 3 is 2.00 bits per heavy atom. The molecule has 0 atom stereocenters. The molecule has 0 unspecified atom stereocenters. The number of hydrogen-bond donors (Lipinski definition) is 0. The van der Waals surface area contributed by atoms with Crippen LogP contribution in [0, 0.1) is 30.1 Å². The van der Waals surface area contributed by atoms with Crippen molar-refractivity contribution in [1.29, 1.82) is 5.26 Å². The molecule has 0 saturated carbocycles. The predicted molar refractivity (Wildman–Crippen MR) is 256 cm³/mol. The first-order valence-electron chi connectivity index (χ1n) is 23.7. The average molecular weight is 1020 g/mol. The number of para-hydroxylation sites is 4. The third kappa shape index (κ3) is 5.88. The molecule has 314 valence electrons. The van der Waals surface area contributed by atoms with Crippen molar-refractivity contribution in [2.75, 3.05) is 9.80 Å². The third-order valence-electron chi connectivity index (χ3n) is 12.3. The number of nitrogens with zero attached hydrogens (tertiary/aromatic N) is 7. The van der Waals surface area contributed by atoms with Gasteiger partial charge < -0.3 is 28.2 Å². The van der Waals surface area contributed by atoms with Crippen molar-refractivity contribution in [3.8, 4) is 23.4 Å². The first-order chi connectivity index (χ1) is 33.1. The van der Waals surface area contributed by atoms with Crippen LogP contribution in [0.4, 0.5) is 22.7 Å². The Labute approximate surface area is 393 Å². The number of pyridine rings is 1. The predicted octanol–water partition coefficient (Wildman–Crippen LogP) is 13.4. The molecule has 12 rings (SSSR count). The first kappa shape index (κ1) is 33.3. The van der Waals surface area contributed by atoms with E-state index in [9.17, 15) is 5.26 Å². The van der Waals surface area contributed by atoms with Gasteiger partial charge in [0, 0.05) is 110 Å². The van der Waals surface area contributed by atoms with Crippen LogP contribution in [0.2, 0.25) is 0 Å². The summed E-state index contributed by atoms with van der Waals surface area (Å²) in [5.74, 6) is 1.56. The summed E-state index contributed by atoms with van der Waals surface area (Å²) < 4.78 is 64.9. The van der Waals surface area contributed by atoms with Crippen molar-refractivity contribution in [1.82, 2.24) is 18.7 Å². The molecule has 4 aromatic heterocycles. The van der Waals surface area contributed by atoms with E-state index in [1.165, 1.54) is 9.13 Å². The van der Waals surface area contributed by atoms with Gasteiger partial charge in [-0.25, -0.2) is 4.98 Å². The largest absolute Gasteiger partial charge is 0.509 e. The molecule has 8 nitrogen and oxygen atoms in total. The van der Waals surface area contributed by atoms with Gasteiger partial charge >= 0.3 is 0 Å². The fourth-order valence-corrected chi connectivity index (χ4v) is 9.31. The maximum Gasteiger partial charge on any atom is 0.135 e. The fraction of sp³-hybridized carbons (Fsp3) is 0.109. The number of anilines is 4. The molecule has 1 aliphatic heterocycles. The summed E-state index contributed by atoms with van der Waals surface area (Å²) in [6.07, 6.45) is 1.82. The Bertz CT molecular complexity index is 3880. The molecular weight excluding hydrogens is 970 g/mol. The minimum absolute atomic E-state index is 0. The second-order valence-corrected chi connectivity index (χ2v) is 17.0. The molecule has 0 bridgehead atoms. The van der Waals surface area contributed by atoms with Gasteiger partial charge in [-0.3, -0.25) is 0 Å². The van der Waals surface area contributed by atoms with E-state index in [4.69, 9.17) is 17.9 Å². The van der Waals surface area contributed by atoms with Crippen molar-refractivity contribution in [2.24, 2.45) is 14.0 Å². The molecule has 5 heterocycles. The molecule has 0 amide bonds. The van der Waals surface area contributed by atoms with Crippen molar-refractivity contribution < 1.29 is 34.0 Å². The maximum absolute atomic E-state index is 9.82. The van der Waals surface area contributed by atoms with E-state index in [1.54, 1.807) is 18.2 Å². The van der Waals surface area contributed by atoms with Crippen molar-refractivity contribution in [2.45, 2.75) is 26.2 Å². The molecule has 0 radical (unpaired) electrons. The van der Waals surface area contributed by atoms with Gasteiger partial charge in [-0.15, -0.1) is 48.1 Å². The van der Waals surface area contributed by atoms with Crippen LogP contribution in [0.5, 0.6) is 11.5 Å².